The molecule has 0 saturated heterocycles. The number of likely N-dealkylation sites (N-methyl/N-ethyl adjacent to an activating group) is 1. The van der Waals surface area contributed by atoms with Gasteiger partial charge in [-0.3, -0.25) is 0 Å². The Hall–Kier alpha value is -1.32. The molecule has 0 radical (unpaired) electrons. The Bertz CT molecular complexity index is 588. The minimum atomic E-state index is 0.690. The van der Waals surface area contributed by atoms with Crippen molar-refractivity contribution in [3.8, 4) is 0 Å². The molecule has 88 valence electrons. The summed E-state index contributed by atoms with van der Waals surface area (Å²) >= 11 is 5.93. The lowest BCUT2D eigenvalue weighted by Crippen LogP contribution is -2.23. The summed E-state index contributed by atoms with van der Waals surface area (Å²) in [7, 11) is 2.11. The molecular formula is C13H13ClN2O. The Kier molecular flexibility index (Phi) is 2.65. The van der Waals surface area contributed by atoms with E-state index in [1.165, 1.54) is 5.57 Å². The number of oxazole rings is 1. The first-order chi connectivity index (χ1) is 8.22. The third-order valence-electron chi connectivity index (χ3n) is 3.04. The summed E-state index contributed by atoms with van der Waals surface area (Å²) in [4.78, 5) is 6.75. The van der Waals surface area contributed by atoms with Crippen molar-refractivity contribution < 1.29 is 4.42 Å². The molecule has 0 unspecified atom stereocenters. The van der Waals surface area contributed by atoms with Crippen LogP contribution in [0.2, 0.25) is 5.02 Å². The van der Waals surface area contributed by atoms with Crippen LogP contribution in [-0.2, 0) is 0 Å². The van der Waals surface area contributed by atoms with Gasteiger partial charge in [-0.05, 0) is 31.7 Å². The van der Waals surface area contributed by atoms with Crippen LogP contribution in [0.15, 0.2) is 28.7 Å². The highest BCUT2D eigenvalue weighted by atomic mass is 35.5. The number of rotatable bonds is 1. The number of hydrogen-bond donors (Lipinski definition) is 0. The van der Waals surface area contributed by atoms with E-state index in [4.69, 9.17) is 16.0 Å². The maximum atomic E-state index is 5.93. The molecule has 0 amide bonds. The monoisotopic (exact) mass is 248 g/mol. The Labute approximate surface area is 105 Å². The van der Waals surface area contributed by atoms with Gasteiger partial charge in [-0.15, -0.1) is 0 Å². The van der Waals surface area contributed by atoms with Crippen LogP contribution in [0, 0.1) is 0 Å². The van der Waals surface area contributed by atoms with E-state index in [9.17, 15) is 0 Å². The van der Waals surface area contributed by atoms with Crippen LogP contribution >= 0.6 is 11.6 Å². The molecule has 1 aromatic carbocycles. The highest BCUT2D eigenvalue weighted by Crippen LogP contribution is 2.26. The van der Waals surface area contributed by atoms with Crippen LogP contribution in [0.4, 0.5) is 0 Å². The van der Waals surface area contributed by atoms with Gasteiger partial charge in [0.2, 0.25) is 5.89 Å². The van der Waals surface area contributed by atoms with E-state index in [1.54, 1.807) is 0 Å². The maximum Gasteiger partial charge on any atom is 0.222 e. The van der Waals surface area contributed by atoms with Gasteiger partial charge >= 0.3 is 0 Å². The number of hydrogen-bond acceptors (Lipinski definition) is 3. The molecule has 0 atom stereocenters. The number of fused-ring (bicyclic) bond motifs is 1. The van der Waals surface area contributed by atoms with Crippen LogP contribution in [-0.4, -0.2) is 30.0 Å². The minimum Gasteiger partial charge on any atom is -0.436 e. The molecule has 0 fully saturated rings. The molecular weight excluding hydrogens is 236 g/mol. The fourth-order valence-electron chi connectivity index (χ4n) is 2.00. The first-order valence-electron chi connectivity index (χ1n) is 5.66. The largest absolute Gasteiger partial charge is 0.436 e. The Balaban J connectivity index is 2.01. The average Bonchev–Trinajstić information content (AvgIpc) is 2.72. The second-order valence-corrected chi connectivity index (χ2v) is 4.81. The lowest BCUT2D eigenvalue weighted by molar-refractivity contribution is 0.367. The predicted octanol–water partition coefficient (Wildman–Crippen LogP) is 3.20. The van der Waals surface area contributed by atoms with E-state index in [0.29, 0.717) is 5.02 Å². The molecule has 3 nitrogen and oxygen atoms in total. The van der Waals surface area contributed by atoms with E-state index in [2.05, 4.69) is 23.0 Å². The number of benzene rings is 1. The zero-order valence-electron chi connectivity index (χ0n) is 9.61. The van der Waals surface area contributed by atoms with Gasteiger partial charge in [0.15, 0.2) is 5.58 Å². The van der Waals surface area contributed by atoms with Crippen LogP contribution in [0.25, 0.3) is 16.7 Å². The average molecular weight is 249 g/mol. The molecule has 17 heavy (non-hydrogen) atoms. The summed E-state index contributed by atoms with van der Waals surface area (Å²) in [5.41, 5.74) is 2.81. The van der Waals surface area contributed by atoms with Crippen molar-refractivity contribution in [1.82, 2.24) is 9.88 Å². The zero-order valence-corrected chi connectivity index (χ0v) is 10.4. The molecule has 3 rings (SSSR count). The molecule has 0 bridgehead atoms. The van der Waals surface area contributed by atoms with Crippen molar-refractivity contribution in [2.75, 3.05) is 20.1 Å². The zero-order chi connectivity index (χ0) is 11.8. The second kappa shape index (κ2) is 4.17. The quantitative estimate of drug-likeness (QED) is 0.776. The van der Waals surface area contributed by atoms with Gasteiger partial charge in [0, 0.05) is 23.7 Å². The van der Waals surface area contributed by atoms with Crippen molar-refractivity contribution in [1.29, 1.82) is 0 Å². The summed E-state index contributed by atoms with van der Waals surface area (Å²) in [5.74, 6) is 0.732. The number of nitrogens with zero attached hydrogens (tertiary/aromatic N) is 2. The summed E-state index contributed by atoms with van der Waals surface area (Å²) in [6.07, 6.45) is 3.16. The molecule has 0 saturated carbocycles. The van der Waals surface area contributed by atoms with E-state index in [1.807, 2.05) is 18.2 Å². The van der Waals surface area contributed by atoms with Crippen LogP contribution < -0.4 is 0 Å². The molecule has 0 N–H and O–H groups in total. The second-order valence-electron chi connectivity index (χ2n) is 4.37. The summed E-state index contributed by atoms with van der Waals surface area (Å²) in [6, 6.07) is 5.52. The topological polar surface area (TPSA) is 29.3 Å². The van der Waals surface area contributed by atoms with Crippen molar-refractivity contribution >= 4 is 28.3 Å². The molecule has 1 aromatic heterocycles. The number of halogens is 1. The van der Waals surface area contributed by atoms with Gasteiger partial charge in [0.05, 0.1) is 0 Å². The Morgan fingerprint density at radius 1 is 1.41 bits per heavy atom. The van der Waals surface area contributed by atoms with Crippen molar-refractivity contribution in [2.45, 2.75) is 6.42 Å². The van der Waals surface area contributed by atoms with Gasteiger partial charge in [-0.2, -0.15) is 0 Å². The van der Waals surface area contributed by atoms with Gasteiger partial charge < -0.3 is 9.32 Å². The molecule has 0 spiro atoms. The normalized spacial score (nSPS) is 17.4. The summed E-state index contributed by atoms with van der Waals surface area (Å²) in [5, 5.41) is 0.690. The first kappa shape index (κ1) is 10.8. The SMILES string of the molecule is CN1CC=C(c2nc3cc(Cl)ccc3o2)CC1. The van der Waals surface area contributed by atoms with Gasteiger partial charge in [0.1, 0.15) is 5.52 Å². The van der Waals surface area contributed by atoms with Crippen LogP contribution in [0.3, 0.4) is 0 Å². The Morgan fingerprint density at radius 2 is 2.29 bits per heavy atom. The molecule has 0 aliphatic carbocycles. The van der Waals surface area contributed by atoms with Gasteiger partial charge in [0.25, 0.3) is 0 Å². The molecule has 1 aliphatic rings. The first-order valence-corrected chi connectivity index (χ1v) is 6.04. The van der Waals surface area contributed by atoms with Crippen molar-refractivity contribution in [2.24, 2.45) is 0 Å². The molecule has 2 aromatic rings. The third kappa shape index (κ3) is 2.08. The van der Waals surface area contributed by atoms with Crippen LogP contribution in [0.1, 0.15) is 12.3 Å². The van der Waals surface area contributed by atoms with Crippen molar-refractivity contribution in [3.63, 3.8) is 0 Å². The summed E-state index contributed by atoms with van der Waals surface area (Å²) in [6.45, 7) is 2.00. The highest BCUT2D eigenvalue weighted by Gasteiger charge is 2.15. The minimum absolute atomic E-state index is 0.690. The van der Waals surface area contributed by atoms with E-state index in [0.717, 1.165) is 36.5 Å². The highest BCUT2D eigenvalue weighted by molar-refractivity contribution is 6.31. The van der Waals surface area contributed by atoms with Gasteiger partial charge in [-0.25, -0.2) is 4.98 Å². The molecule has 4 heteroatoms. The smallest absolute Gasteiger partial charge is 0.222 e. The predicted molar refractivity (Wildman–Crippen MR) is 69.1 cm³/mol. The van der Waals surface area contributed by atoms with Crippen LogP contribution in [0.5, 0.6) is 0 Å². The van der Waals surface area contributed by atoms with Crippen molar-refractivity contribution in [3.05, 3.63) is 35.2 Å². The van der Waals surface area contributed by atoms with E-state index < -0.39 is 0 Å². The lowest BCUT2D eigenvalue weighted by atomic mass is 10.1. The lowest BCUT2D eigenvalue weighted by Gasteiger charge is -2.20. The van der Waals surface area contributed by atoms with Gasteiger partial charge in [-0.1, -0.05) is 17.7 Å². The Morgan fingerprint density at radius 3 is 3.06 bits per heavy atom. The fourth-order valence-corrected chi connectivity index (χ4v) is 2.17. The standard InChI is InChI=1S/C13H13ClN2O/c1-16-6-4-9(5-7-16)13-15-11-8-10(14)2-3-12(11)17-13/h2-4,8H,5-7H2,1H3. The van der Waals surface area contributed by atoms with E-state index in [-0.39, 0.29) is 0 Å². The molecule has 2 heterocycles. The van der Waals surface area contributed by atoms with E-state index >= 15 is 0 Å². The summed E-state index contributed by atoms with van der Waals surface area (Å²) < 4.78 is 5.74. The number of aromatic nitrogens is 1. The fraction of sp³-hybridized carbons (Fsp3) is 0.308. The molecule has 1 aliphatic heterocycles. The third-order valence-corrected chi connectivity index (χ3v) is 3.27. The maximum absolute atomic E-state index is 5.93.